The summed E-state index contributed by atoms with van der Waals surface area (Å²) in [5, 5.41) is 1.30. The summed E-state index contributed by atoms with van der Waals surface area (Å²) >= 11 is 0. The summed E-state index contributed by atoms with van der Waals surface area (Å²) in [6.07, 6.45) is 7.02. The van der Waals surface area contributed by atoms with Crippen molar-refractivity contribution in [3.8, 4) is 28.6 Å². The fraction of sp³-hybridized carbons (Fsp3) is 0.231. The van der Waals surface area contributed by atoms with Gasteiger partial charge in [-0.05, 0) is 54.3 Å². The summed E-state index contributed by atoms with van der Waals surface area (Å²) in [6, 6.07) is 13.2. The number of anilines is 1. The molecule has 3 aromatic heterocycles. The van der Waals surface area contributed by atoms with Crippen molar-refractivity contribution in [2.45, 2.75) is 25.2 Å². The monoisotopic (exact) mass is 469 g/mol. The van der Waals surface area contributed by atoms with Gasteiger partial charge in [0.15, 0.2) is 11.6 Å². The predicted octanol–water partition coefficient (Wildman–Crippen LogP) is 3.87. The number of imidazole rings is 1. The standard InChI is InChI=1S/C26H23N5O4/c1-33-23-13-17(8-10-27-23)21-14-29-25(30-21)19-11-18-12-20(5-6-22(18)34-15-19)35-31-24(32)7-4-16-3-2-9-28-26(16)31/h2-3,5-6,8-10,12-14,19H,4,7,11,15H2,1H3,(H,29,30). The number of methoxy groups -OCH3 is 1. The average molecular weight is 470 g/mol. The second-order valence-corrected chi connectivity index (χ2v) is 8.50. The second kappa shape index (κ2) is 8.75. The number of hydrogen-bond donors (Lipinski definition) is 1. The van der Waals surface area contributed by atoms with Gasteiger partial charge in [-0.15, -0.1) is 5.06 Å². The van der Waals surface area contributed by atoms with E-state index >= 15 is 0 Å². The number of aryl methyl sites for hydroxylation is 1. The lowest BCUT2D eigenvalue weighted by atomic mass is 9.96. The molecule has 1 N–H and O–H groups in total. The summed E-state index contributed by atoms with van der Waals surface area (Å²) < 4.78 is 11.2. The average Bonchev–Trinajstić information content (AvgIpc) is 3.40. The number of aromatic amines is 1. The Labute approximate surface area is 201 Å². The number of nitrogens with one attached hydrogen (secondary N) is 1. The van der Waals surface area contributed by atoms with E-state index in [1.165, 1.54) is 5.06 Å². The van der Waals surface area contributed by atoms with Crippen molar-refractivity contribution in [2.75, 3.05) is 18.8 Å². The number of rotatable bonds is 5. The van der Waals surface area contributed by atoms with Crippen molar-refractivity contribution < 1.29 is 19.1 Å². The number of nitrogens with zero attached hydrogens (tertiary/aromatic N) is 4. The van der Waals surface area contributed by atoms with E-state index in [4.69, 9.17) is 19.3 Å². The number of fused-ring (bicyclic) bond motifs is 2. The number of carbonyl (C=O) groups excluding carboxylic acids is 1. The molecule has 9 nitrogen and oxygen atoms in total. The molecular formula is C26H23N5O4. The first-order chi connectivity index (χ1) is 17.2. The van der Waals surface area contributed by atoms with E-state index in [1.807, 2.05) is 48.7 Å². The van der Waals surface area contributed by atoms with Gasteiger partial charge in [0.05, 0.1) is 25.3 Å². The molecule has 0 fully saturated rings. The molecule has 1 amide bonds. The third kappa shape index (κ3) is 4.05. The van der Waals surface area contributed by atoms with Gasteiger partial charge in [-0.3, -0.25) is 4.79 Å². The summed E-state index contributed by atoms with van der Waals surface area (Å²) in [5.41, 5.74) is 3.73. The molecule has 5 heterocycles. The molecule has 9 heteroatoms. The molecule has 176 valence electrons. The maximum absolute atomic E-state index is 12.6. The zero-order valence-electron chi connectivity index (χ0n) is 19.1. The van der Waals surface area contributed by atoms with E-state index in [0.717, 1.165) is 40.4 Å². The minimum Gasteiger partial charge on any atom is -0.493 e. The number of H-pyrrole nitrogens is 1. The smallest absolute Gasteiger partial charge is 0.262 e. The van der Waals surface area contributed by atoms with E-state index in [0.29, 0.717) is 36.9 Å². The molecule has 1 atom stereocenters. The normalized spacial score (nSPS) is 16.8. The van der Waals surface area contributed by atoms with Crippen molar-refractivity contribution in [3.05, 3.63) is 78.0 Å². The molecule has 2 aliphatic heterocycles. The molecule has 0 radical (unpaired) electrons. The molecule has 0 spiro atoms. The van der Waals surface area contributed by atoms with Gasteiger partial charge in [0, 0.05) is 36.6 Å². The van der Waals surface area contributed by atoms with Crippen LogP contribution < -0.4 is 19.4 Å². The summed E-state index contributed by atoms with van der Waals surface area (Å²) in [4.78, 5) is 35.2. The fourth-order valence-corrected chi connectivity index (χ4v) is 4.45. The Hall–Kier alpha value is -4.40. The van der Waals surface area contributed by atoms with Crippen LogP contribution in [0.15, 0.2) is 61.1 Å². The summed E-state index contributed by atoms with van der Waals surface area (Å²) in [7, 11) is 1.59. The van der Waals surface area contributed by atoms with Gasteiger partial charge in [-0.1, -0.05) is 6.07 Å². The van der Waals surface area contributed by atoms with E-state index in [-0.39, 0.29) is 11.8 Å². The number of ether oxygens (including phenoxy) is 2. The Kier molecular flexibility index (Phi) is 5.29. The van der Waals surface area contributed by atoms with Crippen LogP contribution in [0.4, 0.5) is 5.82 Å². The molecule has 0 saturated carbocycles. The Morgan fingerprint density at radius 1 is 1.09 bits per heavy atom. The lowest BCUT2D eigenvalue weighted by Gasteiger charge is -2.28. The molecule has 0 bridgehead atoms. The first-order valence-corrected chi connectivity index (χ1v) is 11.4. The predicted molar refractivity (Wildman–Crippen MR) is 127 cm³/mol. The number of pyridine rings is 2. The SMILES string of the molecule is COc1cc(-c2c[nH]c(C3COc4ccc(ON5C(=O)CCc6cccnc65)cc4C3)n2)ccn1. The van der Waals surface area contributed by atoms with Crippen LogP contribution in [0.3, 0.4) is 0 Å². The van der Waals surface area contributed by atoms with Gasteiger partial charge in [0.1, 0.15) is 11.6 Å². The zero-order chi connectivity index (χ0) is 23.8. The van der Waals surface area contributed by atoms with Gasteiger partial charge >= 0.3 is 0 Å². The number of hydroxylamine groups is 1. The van der Waals surface area contributed by atoms with E-state index in [9.17, 15) is 4.79 Å². The molecule has 35 heavy (non-hydrogen) atoms. The Bertz CT molecular complexity index is 1400. The van der Waals surface area contributed by atoms with Gasteiger partial charge in [-0.2, -0.15) is 0 Å². The maximum Gasteiger partial charge on any atom is 0.262 e. The Morgan fingerprint density at radius 2 is 2.03 bits per heavy atom. The lowest BCUT2D eigenvalue weighted by Crippen LogP contribution is -2.38. The number of amides is 1. The van der Waals surface area contributed by atoms with Crippen LogP contribution in [0.5, 0.6) is 17.4 Å². The molecule has 1 unspecified atom stereocenters. The van der Waals surface area contributed by atoms with Gasteiger partial charge < -0.3 is 19.3 Å². The lowest BCUT2D eigenvalue weighted by molar-refractivity contribution is -0.123. The molecule has 2 aliphatic rings. The molecular weight excluding hydrogens is 446 g/mol. The van der Waals surface area contributed by atoms with Crippen LogP contribution in [0.25, 0.3) is 11.3 Å². The van der Waals surface area contributed by atoms with Crippen molar-refractivity contribution in [3.63, 3.8) is 0 Å². The summed E-state index contributed by atoms with van der Waals surface area (Å²) in [6.45, 7) is 0.516. The van der Waals surface area contributed by atoms with Crippen molar-refractivity contribution in [2.24, 2.45) is 0 Å². The molecule has 0 aliphatic carbocycles. The number of hydrogen-bond acceptors (Lipinski definition) is 7. The number of carbonyl (C=O) groups is 1. The highest BCUT2D eigenvalue weighted by molar-refractivity contribution is 5.93. The molecule has 6 rings (SSSR count). The van der Waals surface area contributed by atoms with Crippen molar-refractivity contribution >= 4 is 11.7 Å². The minimum atomic E-state index is -0.112. The molecule has 0 saturated heterocycles. The minimum absolute atomic E-state index is 0.0502. The quantitative estimate of drug-likeness (QED) is 0.473. The van der Waals surface area contributed by atoms with Gasteiger partial charge in [-0.25, -0.2) is 15.0 Å². The third-order valence-corrected chi connectivity index (χ3v) is 6.25. The van der Waals surface area contributed by atoms with E-state index in [1.54, 1.807) is 19.5 Å². The summed E-state index contributed by atoms with van der Waals surface area (Å²) in [5.74, 6) is 3.24. The van der Waals surface area contributed by atoms with Gasteiger partial charge in [0.2, 0.25) is 5.88 Å². The van der Waals surface area contributed by atoms with Crippen LogP contribution in [0, 0.1) is 0 Å². The highest BCUT2D eigenvalue weighted by atomic mass is 16.7. The second-order valence-electron chi connectivity index (χ2n) is 8.50. The maximum atomic E-state index is 12.6. The number of benzene rings is 1. The van der Waals surface area contributed by atoms with Crippen LogP contribution in [-0.4, -0.2) is 39.6 Å². The Morgan fingerprint density at radius 3 is 2.94 bits per heavy atom. The third-order valence-electron chi connectivity index (χ3n) is 6.25. The molecule has 1 aromatic carbocycles. The van der Waals surface area contributed by atoms with Crippen LogP contribution in [0.2, 0.25) is 0 Å². The highest BCUT2D eigenvalue weighted by Gasteiger charge is 2.29. The first kappa shape index (κ1) is 21.2. The Balaban J connectivity index is 1.22. The topological polar surface area (TPSA) is 102 Å². The van der Waals surface area contributed by atoms with E-state index in [2.05, 4.69) is 15.0 Å². The fourth-order valence-electron chi connectivity index (χ4n) is 4.45. The van der Waals surface area contributed by atoms with E-state index < -0.39 is 0 Å². The van der Waals surface area contributed by atoms with Crippen LogP contribution in [-0.2, 0) is 17.6 Å². The van der Waals surface area contributed by atoms with Crippen molar-refractivity contribution in [1.82, 2.24) is 19.9 Å². The van der Waals surface area contributed by atoms with Crippen molar-refractivity contribution in [1.29, 1.82) is 0 Å². The van der Waals surface area contributed by atoms with Crippen LogP contribution >= 0.6 is 0 Å². The van der Waals surface area contributed by atoms with Crippen LogP contribution in [0.1, 0.15) is 29.3 Å². The number of aromatic nitrogens is 4. The highest BCUT2D eigenvalue weighted by Crippen LogP contribution is 2.36. The van der Waals surface area contributed by atoms with Gasteiger partial charge in [0.25, 0.3) is 5.91 Å². The first-order valence-electron chi connectivity index (χ1n) is 11.4. The zero-order valence-corrected chi connectivity index (χ0v) is 19.1. The largest absolute Gasteiger partial charge is 0.493 e. The molecule has 4 aromatic rings.